The lowest BCUT2D eigenvalue weighted by molar-refractivity contribution is 0.00859. The van der Waals surface area contributed by atoms with Crippen molar-refractivity contribution in [2.45, 2.75) is 32.4 Å². The summed E-state index contributed by atoms with van der Waals surface area (Å²) in [7, 11) is 0. The summed E-state index contributed by atoms with van der Waals surface area (Å²) in [6.45, 7) is 3.85. The van der Waals surface area contributed by atoms with Crippen molar-refractivity contribution in [3.8, 4) is 0 Å². The molecule has 7 heteroatoms. The molecule has 2 atom stereocenters. The summed E-state index contributed by atoms with van der Waals surface area (Å²) < 4.78 is 20.0. The van der Waals surface area contributed by atoms with E-state index in [4.69, 9.17) is 4.74 Å². The van der Waals surface area contributed by atoms with Crippen LogP contribution < -0.4 is 0 Å². The smallest absolute Gasteiger partial charge is 0.140 e. The van der Waals surface area contributed by atoms with Crippen molar-refractivity contribution in [3.63, 3.8) is 0 Å². The van der Waals surface area contributed by atoms with Crippen LogP contribution in [0.5, 0.6) is 0 Å². The van der Waals surface area contributed by atoms with E-state index in [1.807, 2.05) is 30.0 Å². The number of H-pyrrole nitrogens is 2. The normalized spacial score (nSPS) is 21.8. The molecule has 1 aliphatic heterocycles. The number of fused-ring (bicyclic) bond motifs is 1. The molecule has 0 radical (unpaired) electrons. The van der Waals surface area contributed by atoms with Crippen LogP contribution in [0.4, 0.5) is 4.39 Å². The van der Waals surface area contributed by atoms with E-state index in [1.54, 1.807) is 12.4 Å². The zero-order valence-electron chi connectivity index (χ0n) is 13.5. The third-order valence-electron chi connectivity index (χ3n) is 4.32. The zero-order chi connectivity index (χ0) is 16.5. The minimum atomic E-state index is -0.994. The van der Waals surface area contributed by atoms with E-state index in [1.165, 1.54) is 5.56 Å². The van der Waals surface area contributed by atoms with Crippen LogP contribution in [0.1, 0.15) is 17.2 Å². The number of benzene rings is 1. The molecule has 2 N–H and O–H groups in total. The molecule has 0 unspecified atom stereocenters. The van der Waals surface area contributed by atoms with E-state index in [0.717, 1.165) is 22.7 Å². The Morgan fingerprint density at radius 2 is 2.25 bits per heavy atom. The van der Waals surface area contributed by atoms with Gasteiger partial charge in [-0.25, -0.2) is 14.4 Å². The second-order valence-electron chi connectivity index (χ2n) is 6.30. The van der Waals surface area contributed by atoms with Gasteiger partial charge in [0, 0.05) is 25.5 Å². The molecular formula is C17H20FN5O. The van der Waals surface area contributed by atoms with Crippen molar-refractivity contribution in [3.05, 3.63) is 47.8 Å². The van der Waals surface area contributed by atoms with Gasteiger partial charge in [0.25, 0.3) is 0 Å². The summed E-state index contributed by atoms with van der Waals surface area (Å²) in [5.41, 5.74) is 3.06. The van der Waals surface area contributed by atoms with Crippen molar-refractivity contribution in [2.24, 2.45) is 0 Å². The second kappa shape index (κ2) is 6.33. The van der Waals surface area contributed by atoms with Crippen LogP contribution in [-0.4, -0.2) is 50.2 Å². The lowest BCUT2D eigenvalue weighted by atomic mass is 10.2. The maximum Gasteiger partial charge on any atom is 0.140 e. The Hall–Kier alpha value is -2.25. The summed E-state index contributed by atoms with van der Waals surface area (Å²) in [5, 5.41) is 0. The Balaban J connectivity index is 1.36. The first-order chi connectivity index (χ1) is 11.7. The van der Waals surface area contributed by atoms with Gasteiger partial charge in [-0.15, -0.1) is 0 Å². The molecule has 1 aliphatic rings. The standard InChI is InChI=1S/C17H20FN5O/c1-11-2-3-13-14(6-11)22-17(21-13)10-24-15-8-23(7-12(15)18)9-16-19-4-5-20-16/h2-6,12,15H,7-10H2,1H3,(H,19,20)(H,21,22)/t12-,15+/m1/s1. The van der Waals surface area contributed by atoms with Crippen molar-refractivity contribution in [1.29, 1.82) is 0 Å². The molecule has 6 nitrogen and oxygen atoms in total. The third-order valence-corrected chi connectivity index (χ3v) is 4.32. The lowest BCUT2D eigenvalue weighted by Crippen LogP contribution is -2.24. The molecule has 126 valence electrons. The number of aromatic amines is 2. The number of nitrogens with one attached hydrogen (secondary N) is 2. The molecule has 0 spiro atoms. The number of aryl methyl sites for hydroxylation is 1. The molecule has 0 saturated carbocycles. The van der Waals surface area contributed by atoms with Gasteiger partial charge < -0.3 is 14.7 Å². The van der Waals surface area contributed by atoms with E-state index >= 15 is 0 Å². The summed E-state index contributed by atoms with van der Waals surface area (Å²) >= 11 is 0. The Morgan fingerprint density at radius 3 is 3.08 bits per heavy atom. The van der Waals surface area contributed by atoms with Gasteiger partial charge in [-0.2, -0.15) is 0 Å². The Labute approximate surface area is 139 Å². The number of alkyl halides is 1. The quantitative estimate of drug-likeness (QED) is 0.754. The minimum absolute atomic E-state index is 0.285. The van der Waals surface area contributed by atoms with Crippen LogP contribution >= 0.6 is 0 Å². The number of aromatic nitrogens is 4. The number of nitrogens with zero attached hydrogens (tertiary/aromatic N) is 3. The molecule has 1 aromatic carbocycles. The number of ether oxygens (including phenoxy) is 1. The zero-order valence-corrected chi connectivity index (χ0v) is 13.5. The number of rotatable bonds is 5. The minimum Gasteiger partial charge on any atom is -0.366 e. The molecule has 1 saturated heterocycles. The van der Waals surface area contributed by atoms with Crippen LogP contribution in [-0.2, 0) is 17.9 Å². The fourth-order valence-corrected chi connectivity index (χ4v) is 3.12. The number of hydrogen-bond donors (Lipinski definition) is 2. The Bertz CT molecular complexity index is 816. The molecule has 0 aliphatic carbocycles. The van der Waals surface area contributed by atoms with Crippen LogP contribution in [0.15, 0.2) is 30.6 Å². The highest BCUT2D eigenvalue weighted by atomic mass is 19.1. The largest absolute Gasteiger partial charge is 0.366 e. The van der Waals surface area contributed by atoms with Crippen LogP contribution in [0.2, 0.25) is 0 Å². The molecule has 0 bridgehead atoms. The summed E-state index contributed by atoms with van der Waals surface area (Å²) in [5.74, 6) is 1.57. The predicted molar refractivity (Wildman–Crippen MR) is 88.2 cm³/mol. The Kier molecular flexibility index (Phi) is 4.03. The van der Waals surface area contributed by atoms with Gasteiger partial charge in [-0.1, -0.05) is 6.07 Å². The second-order valence-corrected chi connectivity index (χ2v) is 6.30. The summed E-state index contributed by atoms with van der Waals surface area (Å²) in [4.78, 5) is 17.0. The molecule has 2 aromatic heterocycles. The topological polar surface area (TPSA) is 69.8 Å². The van der Waals surface area contributed by atoms with Crippen LogP contribution in [0.3, 0.4) is 0 Å². The fraction of sp³-hybridized carbons (Fsp3) is 0.412. The fourth-order valence-electron chi connectivity index (χ4n) is 3.12. The van der Waals surface area contributed by atoms with Gasteiger partial charge in [0.05, 0.1) is 17.6 Å². The third kappa shape index (κ3) is 3.18. The van der Waals surface area contributed by atoms with E-state index in [9.17, 15) is 4.39 Å². The first kappa shape index (κ1) is 15.3. The summed E-state index contributed by atoms with van der Waals surface area (Å²) in [6.07, 6.45) is 2.05. The average Bonchev–Trinajstić information content (AvgIpc) is 3.26. The maximum atomic E-state index is 14.2. The van der Waals surface area contributed by atoms with Gasteiger partial charge >= 0.3 is 0 Å². The Morgan fingerprint density at radius 1 is 1.33 bits per heavy atom. The molecule has 0 amide bonds. The highest BCUT2D eigenvalue weighted by Gasteiger charge is 2.34. The van der Waals surface area contributed by atoms with Gasteiger partial charge in [-0.3, -0.25) is 4.90 Å². The molecule has 3 aromatic rings. The molecule has 3 heterocycles. The highest BCUT2D eigenvalue weighted by molar-refractivity contribution is 5.75. The lowest BCUT2D eigenvalue weighted by Gasteiger charge is -2.14. The molecular weight excluding hydrogens is 309 g/mol. The van der Waals surface area contributed by atoms with Gasteiger partial charge in [0.1, 0.15) is 30.5 Å². The maximum absolute atomic E-state index is 14.2. The van der Waals surface area contributed by atoms with Gasteiger partial charge in [0.15, 0.2) is 0 Å². The van der Waals surface area contributed by atoms with E-state index in [-0.39, 0.29) is 6.61 Å². The van der Waals surface area contributed by atoms with E-state index in [2.05, 4.69) is 19.9 Å². The van der Waals surface area contributed by atoms with Crippen LogP contribution in [0, 0.1) is 6.92 Å². The first-order valence-corrected chi connectivity index (χ1v) is 8.09. The predicted octanol–water partition coefficient (Wildman–Crippen LogP) is 2.33. The van der Waals surface area contributed by atoms with Gasteiger partial charge in [0.2, 0.25) is 0 Å². The number of halogens is 1. The van der Waals surface area contributed by atoms with Crippen molar-refractivity contribution >= 4 is 11.0 Å². The van der Waals surface area contributed by atoms with Crippen LogP contribution in [0.25, 0.3) is 11.0 Å². The number of imidazole rings is 2. The first-order valence-electron chi connectivity index (χ1n) is 8.09. The SMILES string of the molecule is Cc1ccc2nc(CO[C@H]3CN(Cc4ncc[nH]4)C[C@H]3F)[nH]c2c1. The molecule has 1 fully saturated rings. The molecule has 4 rings (SSSR count). The van der Waals surface area contributed by atoms with Crippen molar-refractivity contribution in [1.82, 2.24) is 24.8 Å². The van der Waals surface area contributed by atoms with E-state index in [0.29, 0.717) is 19.6 Å². The van der Waals surface area contributed by atoms with Gasteiger partial charge in [-0.05, 0) is 24.6 Å². The highest BCUT2D eigenvalue weighted by Crippen LogP contribution is 2.20. The van der Waals surface area contributed by atoms with Crippen molar-refractivity contribution in [2.75, 3.05) is 13.1 Å². The summed E-state index contributed by atoms with van der Waals surface area (Å²) in [6, 6.07) is 6.04. The van der Waals surface area contributed by atoms with E-state index < -0.39 is 12.3 Å². The average molecular weight is 329 g/mol. The monoisotopic (exact) mass is 329 g/mol. The molecule has 24 heavy (non-hydrogen) atoms. The van der Waals surface area contributed by atoms with Crippen molar-refractivity contribution < 1.29 is 9.13 Å². The number of likely N-dealkylation sites (tertiary alicyclic amines) is 1. The number of hydrogen-bond acceptors (Lipinski definition) is 4.